The maximum atomic E-state index is 13.0. The van der Waals surface area contributed by atoms with Gasteiger partial charge in [0, 0.05) is 37.5 Å². The van der Waals surface area contributed by atoms with Gasteiger partial charge in [-0.3, -0.25) is 0 Å². The second-order valence-electron chi connectivity index (χ2n) is 7.05. The van der Waals surface area contributed by atoms with Gasteiger partial charge in [0.2, 0.25) is 10.0 Å². The summed E-state index contributed by atoms with van der Waals surface area (Å²) in [4.78, 5) is 0. The third-order valence-corrected chi connectivity index (χ3v) is 9.32. The van der Waals surface area contributed by atoms with Crippen molar-refractivity contribution in [2.75, 3.05) is 20.0 Å². The SMILES string of the molecule is COC1(OC)C2CCC3(CS(=O)(=O)N(SC(F)(F)F)C13)C2(C)C. The Morgan fingerprint density at radius 3 is 2.26 bits per heavy atom. The molecule has 1 aliphatic heterocycles. The van der Waals surface area contributed by atoms with Crippen LogP contribution >= 0.6 is 11.9 Å². The zero-order valence-electron chi connectivity index (χ0n) is 13.3. The fourth-order valence-corrected chi connectivity index (χ4v) is 8.89. The molecule has 23 heavy (non-hydrogen) atoms. The maximum Gasteiger partial charge on any atom is 0.457 e. The van der Waals surface area contributed by atoms with Gasteiger partial charge in [-0.2, -0.15) is 13.2 Å². The van der Waals surface area contributed by atoms with Crippen LogP contribution < -0.4 is 0 Å². The molecule has 1 heterocycles. The van der Waals surface area contributed by atoms with E-state index < -0.39 is 50.1 Å². The first kappa shape index (κ1) is 17.8. The molecule has 0 aromatic heterocycles. The fraction of sp³-hybridized carbons (Fsp3) is 1.00. The lowest BCUT2D eigenvalue weighted by atomic mass is 9.69. The summed E-state index contributed by atoms with van der Waals surface area (Å²) in [6, 6.07) is -0.990. The van der Waals surface area contributed by atoms with Gasteiger partial charge in [-0.05, 0) is 18.3 Å². The molecule has 1 saturated heterocycles. The Labute approximate surface area is 138 Å². The van der Waals surface area contributed by atoms with Crippen LogP contribution in [0.5, 0.6) is 0 Å². The van der Waals surface area contributed by atoms with Gasteiger partial charge in [0.1, 0.15) is 0 Å². The third kappa shape index (κ3) is 2.01. The van der Waals surface area contributed by atoms with Crippen LogP contribution in [0.2, 0.25) is 0 Å². The minimum Gasteiger partial charge on any atom is -0.351 e. The molecule has 2 aliphatic carbocycles. The lowest BCUT2D eigenvalue weighted by Gasteiger charge is -2.44. The second-order valence-corrected chi connectivity index (χ2v) is 10.2. The molecule has 10 heteroatoms. The standard InChI is InChI=1S/C13H20F3NO4S2/c1-10(2)8-5-6-11(10)7-23(18,19)17(22-13(14,15)16)9(11)12(8,20-3)21-4/h8-9H,5-7H2,1-4H3. The summed E-state index contributed by atoms with van der Waals surface area (Å²) < 4.78 is 75.6. The van der Waals surface area contributed by atoms with Crippen LogP contribution in [0.3, 0.4) is 0 Å². The van der Waals surface area contributed by atoms with E-state index in [1.165, 1.54) is 14.2 Å². The number of alkyl halides is 3. The molecule has 3 aliphatic rings. The number of halogens is 3. The first-order valence-electron chi connectivity index (χ1n) is 7.26. The summed E-state index contributed by atoms with van der Waals surface area (Å²) in [6.07, 6.45) is 1.23. The van der Waals surface area contributed by atoms with Crippen molar-refractivity contribution in [1.82, 2.24) is 3.71 Å². The van der Waals surface area contributed by atoms with Gasteiger partial charge in [0.05, 0.1) is 11.8 Å². The van der Waals surface area contributed by atoms with E-state index >= 15 is 0 Å². The van der Waals surface area contributed by atoms with Crippen molar-refractivity contribution in [2.24, 2.45) is 16.7 Å². The molecule has 2 bridgehead atoms. The molecule has 0 amide bonds. The molecule has 3 rings (SSSR count). The van der Waals surface area contributed by atoms with Crippen molar-refractivity contribution in [3.05, 3.63) is 0 Å². The summed E-state index contributed by atoms with van der Waals surface area (Å²) in [5.41, 5.74) is -6.00. The molecule has 0 radical (unpaired) electrons. The van der Waals surface area contributed by atoms with Crippen molar-refractivity contribution in [2.45, 2.75) is 44.0 Å². The van der Waals surface area contributed by atoms with E-state index in [9.17, 15) is 21.6 Å². The predicted molar refractivity (Wildman–Crippen MR) is 78.7 cm³/mol. The normalized spacial score (nSPS) is 40.5. The summed E-state index contributed by atoms with van der Waals surface area (Å²) in [6.45, 7) is 3.82. The van der Waals surface area contributed by atoms with E-state index in [1.54, 1.807) is 0 Å². The number of methoxy groups -OCH3 is 2. The maximum absolute atomic E-state index is 13.0. The van der Waals surface area contributed by atoms with E-state index in [0.29, 0.717) is 16.6 Å². The van der Waals surface area contributed by atoms with Gasteiger partial charge in [-0.15, -0.1) is 3.71 Å². The zero-order chi connectivity index (χ0) is 17.5. The van der Waals surface area contributed by atoms with Crippen LogP contribution in [0.4, 0.5) is 13.2 Å². The Morgan fingerprint density at radius 2 is 1.78 bits per heavy atom. The highest BCUT2D eigenvalue weighted by Crippen LogP contribution is 2.75. The van der Waals surface area contributed by atoms with E-state index in [-0.39, 0.29) is 11.7 Å². The summed E-state index contributed by atoms with van der Waals surface area (Å²) in [5.74, 6) is -1.82. The molecule has 1 spiro atoms. The molecule has 5 nitrogen and oxygen atoms in total. The van der Waals surface area contributed by atoms with Crippen LogP contribution in [0.1, 0.15) is 26.7 Å². The van der Waals surface area contributed by atoms with Crippen molar-refractivity contribution in [3.8, 4) is 0 Å². The van der Waals surface area contributed by atoms with Gasteiger partial charge in [-0.25, -0.2) is 8.42 Å². The van der Waals surface area contributed by atoms with Crippen LogP contribution in [0, 0.1) is 16.7 Å². The number of fused-ring (bicyclic) bond motifs is 1. The van der Waals surface area contributed by atoms with Crippen LogP contribution in [-0.4, -0.2) is 49.4 Å². The zero-order valence-corrected chi connectivity index (χ0v) is 14.9. The average Bonchev–Trinajstić information content (AvgIpc) is 2.85. The smallest absolute Gasteiger partial charge is 0.351 e. The molecule has 3 unspecified atom stereocenters. The predicted octanol–water partition coefficient (Wildman–Crippen LogP) is 2.59. The first-order chi connectivity index (χ1) is 10.4. The molecule has 3 atom stereocenters. The van der Waals surface area contributed by atoms with Gasteiger partial charge >= 0.3 is 5.51 Å². The third-order valence-electron chi connectivity index (χ3n) is 6.18. The monoisotopic (exact) mass is 375 g/mol. The Hall–Kier alpha value is -0.0300. The largest absolute Gasteiger partial charge is 0.457 e. The molecular weight excluding hydrogens is 355 g/mol. The van der Waals surface area contributed by atoms with E-state index in [2.05, 4.69) is 0 Å². The highest BCUT2D eigenvalue weighted by Gasteiger charge is 2.82. The van der Waals surface area contributed by atoms with Gasteiger partial charge in [0.15, 0.2) is 5.79 Å². The molecule has 0 aromatic carbocycles. The van der Waals surface area contributed by atoms with Crippen LogP contribution in [-0.2, 0) is 19.5 Å². The van der Waals surface area contributed by atoms with E-state index in [4.69, 9.17) is 9.47 Å². The van der Waals surface area contributed by atoms with E-state index in [1.807, 2.05) is 13.8 Å². The Morgan fingerprint density at radius 1 is 1.22 bits per heavy atom. The summed E-state index contributed by atoms with van der Waals surface area (Å²) >= 11 is -0.599. The number of hydrogen-bond acceptors (Lipinski definition) is 5. The fourth-order valence-electron chi connectivity index (χ4n) is 5.24. The molecule has 2 saturated carbocycles. The number of hydrogen-bond donors (Lipinski definition) is 0. The minimum atomic E-state index is -4.70. The Kier molecular flexibility index (Phi) is 3.69. The van der Waals surface area contributed by atoms with Crippen LogP contribution in [0.25, 0.3) is 0 Å². The molecule has 0 N–H and O–H groups in total. The van der Waals surface area contributed by atoms with Crippen molar-refractivity contribution in [1.29, 1.82) is 0 Å². The lowest BCUT2D eigenvalue weighted by Crippen LogP contribution is -2.57. The number of sulfonamides is 1. The first-order valence-corrected chi connectivity index (χ1v) is 9.64. The topological polar surface area (TPSA) is 55.8 Å². The van der Waals surface area contributed by atoms with Crippen LogP contribution in [0.15, 0.2) is 0 Å². The summed E-state index contributed by atoms with van der Waals surface area (Å²) in [7, 11) is -1.33. The molecule has 0 aromatic rings. The number of ether oxygens (including phenoxy) is 2. The van der Waals surface area contributed by atoms with Crippen molar-refractivity contribution < 1.29 is 31.1 Å². The average molecular weight is 375 g/mol. The Balaban J connectivity index is 2.19. The van der Waals surface area contributed by atoms with Gasteiger partial charge < -0.3 is 9.47 Å². The van der Waals surface area contributed by atoms with Gasteiger partial charge in [-0.1, -0.05) is 13.8 Å². The van der Waals surface area contributed by atoms with Crippen molar-refractivity contribution in [3.63, 3.8) is 0 Å². The highest BCUT2D eigenvalue weighted by atomic mass is 32.3. The van der Waals surface area contributed by atoms with Gasteiger partial charge in [0.25, 0.3) is 0 Å². The molecule has 3 fully saturated rings. The number of nitrogens with zero attached hydrogens (tertiary/aromatic N) is 1. The van der Waals surface area contributed by atoms with E-state index in [0.717, 1.165) is 0 Å². The molecule has 134 valence electrons. The lowest BCUT2D eigenvalue weighted by molar-refractivity contribution is -0.259. The number of rotatable bonds is 3. The molecular formula is C13H20F3NO4S2. The quantitative estimate of drug-likeness (QED) is 0.561. The van der Waals surface area contributed by atoms with Crippen molar-refractivity contribution >= 4 is 22.0 Å². The Bertz CT molecular complexity index is 617. The summed E-state index contributed by atoms with van der Waals surface area (Å²) in [5, 5.41) is 0. The highest BCUT2D eigenvalue weighted by molar-refractivity contribution is 8.09. The second kappa shape index (κ2) is 4.78. The minimum absolute atomic E-state index is 0.165.